The van der Waals surface area contributed by atoms with Crippen molar-refractivity contribution in [2.75, 3.05) is 13.2 Å². The first kappa shape index (κ1) is 67.8. The number of hydrogen-bond acceptors (Lipinski definition) is 6. The predicted octanol–water partition coefficient (Wildman–Crippen LogP) is 20.0. The lowest BCUT2D eigenvalue weighted by Crippen LogP contribution is -2.30. The molecule has 0 saturated heterocycles. The molecule has 0 aromatic rings. The van der Waals surface area contributed by atoms with E-state index in [1.165, 1.54) is 109 Å². The van der Waals surface area contributed by atoms with E-state index in [9.17, 15) is 14.4 Å². The number of ether oxygens (including phenoxy) is 3. The molecule has 0 aliphatic heterocycles. The predicted molar refractivity (Wildman–Crippen MR) is 311 cm³/mol. The van der Waals surface area contributed by atoms with Crippen molar-refractivity contribution in [2.24, 2.45) is 0 Å². The standard InChI is InChI=1S/C66H108O6/c1-4-7-10-13-16-19-22-25-26-27-28-29-30-31-32-33-34-35-36-37-38-39-40-42-44-47-50-53-56-59-65(68)71-62-63(61-70-64(67)58-55-52-49-46-43-24-21-18-15-12-9-6-3)72-66(69)60-57-54-51-48-45-41-23-20-17-14-11-8-5-2/h7-8,10-11,16-17,19-20,25-26,28-29,31-32,34-35,41,45,51,54,63H,4-6,9,12-15,18,21-24,27,30,33,36-40,42-44,46-50,52-53,55-62H2,1-3H3/b10-7-,11-8-,19-16-,20-17-,26-25-,29-28-,32-31-,35-34-,45-41-,54-51-. The number of carbonyl (C=O) groups is 3. The number of rotatable bonds is 52. The maximum atomic E-state index is 12.8. The van der Waals surface area contributed by atoms with Gasteiger partial charge in [-0.2, -0.15) is 0 Å². The van der Waals surface area contributed by atoms with Crippen LogP contribution in [0.1, 0.15) is 258 Å². The summed E-state index contributed by atoms with van der Waals surface area (Å²) < 4.78 is 16.8. The summed E-state index contributed by atoms with van der Waals surface area (Å²) in [5.74, 6) is -0.995. The summed E-state index contributed by atoms with van der Waals surface area (Å²) in [4.78, 5) is 38.1. The average Bonchev–Trinajstić information content (AvgIpc) is 3.38. The zero-order valence-electron chi connectivity index (χ0n) is 46.7. The van der Waals surface area contributed by atoms with Gasteiger partial charge in [-0.25, -0.2) is 0 Å². The molecule has 0 N–H and O–H groups in total. The molecule has 0 heterocycles. The topological polar surface area (TPSA) is 78.9 Å². The molecule has 1 atom stereocenters. The third-order valence-electron chi connectivity index (χ3n) is 12.2. The van der Waals surface area contributed by atoms with Gasteiger partial charge in [0.25, 0.3) is 0 Å². The Morgan fingerprint density at radius 2 is 0.569 bits per heavy atom. The highest BCUT2D eigenvalue weighted by Crippen LogP contribution is 2.15. The SMILES string of the molecule is CC/C=C\C/C=C\C/C=C\C/C=C\C/C=C\C/C=C\CCCCCCCCCCCCC(=O)OCC(COC(=O)CCCCCCCCCCCCCC)OC(=O)CC/C=C\C/C=C\C/C=C\C/C=C\CC. The second-order valence-corrected chi connectivity index (χ2v) is 19.1. The third-order valence-corrected chi connectivity index (χ3v) is 12.2. The summed E-state index contributed by atoms with van der Waals surface area (Å²) in [6.07, 6.45) is 82.2. The van der Waals surface area contributed by atoms with Gasteiger partial charge in [0, 0.05) is 19.3 Å². The highest BCUT2D eigenvalue weighted by atomic mass is 16.6. The van der Waals surface area contributed by atoms with Gasteiger partial charge < -0.3 is 14.2 Å². The summed E-state index contributed by atoms with van der Waals surface area (Å²) in [6.45, 7) is 6.34. The van der Waals surface area contributed by atoms with Gasteiger partial charge in [0.1, 0.15) is 13.2 Å². The second kappa shape index (κ2) is 59.4. The first-order valence-corrected chi connectivity index (χ1v) is 29.5. The first-order valence-electron chi connectivity index (χ1n) is 29.5. The Morgan fingerprint density at radius 1 is 0.292 bits per heavy atom. The molecule has 0 saturated carbocycles. The highest BCUT2D eigenvalue weighted by Gasteiger charge is 2.19. The number of hydrogen-bond donors (Lipinski definition) is 0. The van der Waals surface area contributed by atoms with Gasteiger partial charge in [-0.05, 0) is 96.3 Å². The van der Waals surface area contributed by atoms with E-state index in [-0.39, 0.29) is 31.6 Å². The van der Waals surface area contributed by atoms with E-state index in [1.54, 1.807) is 0 Å². The summed E-state index contributed by atoms with van der Waals surface area (Å²) >= 11 is 0. The maximum absolute atomic E-state index is 12.8. The molecule has 1 unspecified atom stereocenters. The Kier molecular flexibility index (Phi) is 55.9. The van der Waals surface area contributed by atoms with Crippen molar-refractivity contribution < 1.29 is 28.6 Å². The molecule has 0 rings (SSSR count). The molecule has 0 aliphatic rings. The molecule has 0 radical (unpaired) electrons. The van der Waals surface area contributed by atoms with Gasteiger partial charge in [0.2, 0.25) is 0 Å². The van der Waals surface area contributed by atoms with Crippen LogP contribution >= 0.6 is 0 Å². The first-order chi connectivity index (χ1) is 35.5. The molecular weight excluding hydrogens is 889 g/mol. The Morgan fingerprint density at radius 3 is 0.903 bits per heavy atom. The van der Waals surface area contributed by atoms with E-state index in [1.807, 2.05) is 12.2 Å². The summed E-state index contributed by atoms with van der Waals surface area (Å²) in [6, 6.07) is 0. The van der Waals surface area contributed by atoms with Crippen molar-refractivity contribution in [3.8, 4) is 0 Å². The Hall–Kier alpha value is -4.19. The molecule has 0 aliphatic carbocycles. The van der Waals surface area contributed by atoms with Crippen LogP contribution in [0.4, 0.5) is 0 Å². The van der Waals surface area contributed by atoms with Crippen LogP contribution in [0, 0.1) is 0 Å². The lowest BCUT2D eigenvalue weighted by atomic mass is 10.0. The fraction of sp³-hybridized carbons (Fsp3) is 0.652. The molecule has 0 fully saturated rings. The molecule has 6 nitrogen and oxygen atoms in total. The molecule has 72 heavy (non-hydrogen) atoms. The van der Waals surface area contributed by atoms with Gasteiger partial charge >= 0.3 is 17.9 Å². The zero-order valence-corrected chi connectivity index (χ0v) is 46.7. The van der Waals surface area contributed by atoms with Crippen LogP contribution in [-0.2, 0) is 28.6 Å². The zero-order chi connectivity index (χ0) is 52.2. The number of unbranched alkanes of at least 4 members (excludes halogenated alkanes) is 21. The molecular formula is C66H108O6. The van der Waals surface area contributed by atoms with Crippen molar-refractivity contribution in [1.29, 1.82) is 0 Å². The average molecular weight is 998 g/mol. The van der Waals surface area contributed by atoms with Crippen LogP contribution < -0.4 is 0 Å². The highest BCUT2D eigenvalue weighted by molar-refractivity contribution is 5.71. The van der Waals surface area contributed by atoms with Crippen LogP contribution in [0.15, 0.2) is 122 Å². The van der Waals surface area contributed by atoms with Crippen LogP contribution in [0.5, 0.6) is 0 Å². The van der Waals surface area contributed by atoms with Crippen LogP contribution in [0.2, 0.25) is 0 Å². The van der Waals surface area contributed by atoms with Crippen LogP contribution in [0.3, 0.4) is 0 Å². The number of allylic oxidation sites excluding steroid dienone is 20. The van der Waals surface area contributed by atoms with Crippen molar-refractivity contribution in [3.05, 3.63) is 122 Å². The Bertz CT molecular complexity index is 1520. The maximum Gasteiger partial charge on any atom is 0.306 e. The minimum absolute atomic E-state index is 0.108. The third kappa shape index (κ3) is 56.7. The Labute approximate surface area is 443 Å². The molecule has 0 bridgehead atoms. The Balaban J connectivity index is 4.29. The summed E-state index contributed by atoms with van der Waals surface area (Å²) in [7, 11) is 0. The monoisotopic (exact) mass is 997 g/mol. The lowest BCUT2D eigenvalue weighted by molar-refractivity contribution is -0.166. The fourth-order valence-electron chi connectivity index (χ4n) is 7.87. The van der Waals surface area contributed by atoms with Gasteiger partial charge in [-0.15, -0.1) is 0 Å². The van der Waals surface area contributed by atoms with E-state index in [0.717, 1.165) is 103 Å². The van der Waals surface area contributed by atoms with Gasteiger partial charge in [0.15, 0.2) is 6.10 Å². The normalized spacial score (nSPS) is 13.0. The summed E-state index contributed by atoms with van der Waals surface area (Å²) in [5, 5.41) is 0. The van der Waals surface area contributed by atoms with Gasteiger partial charge in [-0.1, -0.05) is 264 Å². The van der Waals surface area contributed by atoms with E-state index in [4.69, 9.17) is 14.2 Å². The van der Waals surface area contributed by atoms with Crippen molar-refractivity contribution in [3.63, 3.8) is 0 Å². The second-order valence-electron chi connectivity index (χ2n) is 19.1. The van der Waals surface area contributed by atoms with Gasteiger partial charge in [0.05, 0.1) is 0 Å². The minimum atomic E-state index is -0.818. The van der Waals surface area contributed by atoms with Crippen molar-refractivity contribution in [1.82, 2.24) is 0 Å². The molecule has 0 aromatic carbocycles. The van der Waals surface area contributed by atoms with Crippen molar-refractivity contribution in [2.45, 2.75) is 264 Å². The van der Waals surface area contributed by atoms with E-state index >= 15 is 0 Å². The van der Waals surface area contributed by atoms with Crippen LogP contribution in [-0.4, -0.2) is 37.2 Å². The van der Waals surface area contributed by atoms with E-state index < -0.39 is 12.1 Å². The molecule has 0 amide bonds. The number of carbonyl (C=O) groups excluding carboxylic acids is 3. The molecule has 0 spiro atoms. The van der Waals surface area contributed by atoms with Gasteiger partial charge in [-0.3, -0.25) is 14.4 Å². The largest absolute Gasteiger partial charge is 0.462 e. The molecule has 408 valence electrons. The number of esters is 3. The molecule has 0 aromatic heterocycles. The smallest absolute Gasteiger partial charge is 0.306 e. The fourth-order valence-corrected chi connectivity index (χ4v) is 7.87. The lowest BCUT2D eigenvalue weighted by Gasteiger charge is -2.18. The quantitative estimate of drug-likeness (QED) is 0.0261. The van der Waals surface area contributed by atoms with Crippen molar-refractivity contribution >= 4 is 17.9 Å². The minimum Gasteiger partial charge on any atom is -0.462 e. The molecule has 6 heteroatoms. The van der Waals surface area contributed by atoms with Crippen LogP contribution in [0.25, 0.3) is 0 Å². The summed E-state index contributed by atoms with van der Waals surface area (Å²) in [5.41, 5.74) is 0. The van der Waals surface area contributed by atoms with E-state index in [0.29, 0.717) is 19.3 Å². The van der Waals surface area contributed by atoms with E-state index in [2.05, 4.69) is 130 Å².